The van der Waals surface area contributed by atoms with Crippen LogP contribution in [0.15, 0.2) is 73.1 Å². The van der Waals surface area contributed by atoms with Crippen molar-refractivity contribution < 1.29 is 9.53 Å². The van der Waals surface area contributed by atoms with E-state index in [-0.39, 0.29) is 0 Å². The highest BCUT2D eigenvalue weighted by Gasteiger charge is 2.39. The first kappa shape index (κ1) is 17.6. The fourth-order valence-corrected chi connectivity index (χ4v) is 3.16. The Morgan fingerprint density at radius 2 is 1.42 bits per heavy atom. The van der Waals surface area contributed by atoms with Gasteiger partial charge in [-0.1, -0.05) is 36.4 Å². The van der Waals surface area contributed by atoms with Crippen molar-refractivity contribution in [1.29, 1.82) is 0 Å². The van der Waals surface area contributed by atoms with E-state index in [1.165, 1.54) is 0 Å². The second kappa shape index (κ2) is 7.37. The van der Waals surface area contributed by atoms with Gasteiger partial charge in [-0.25, -0.2) is 0 Å². The number of pyridine rings is 1. The van der Waals surface area contributed by atoms with Gasteiger partial charge in [-0.05, 0) is 53.6 Å². The van der Waals surface area contributed by atoms with Crippen LogP contribution in [0, 0.1) is 0 Å². The van der Waals surface area contributed by atoms with Crippen molar-refractivity contribution in [1.82, 2.24) is 10.3 Å². The van der Waals surface area contributed by atoms with Crippen molar-refractivity contribution in [3.8, 4) is 16.9 Å². The zero-order chi connectivity index (χ0) is 18.6. The van der Waals surface area contributed by atoms with Crippen LogP contribution in [0.4, 0.5) is 0 Å². The number of methoxy groups -OCH3 is 1. The molecule has 0 aliphatic carbocycles. The van der Waals surface area contributed by atoms with Gasteiger partial charge in [0.2, 0.25) is 5.91 Å². The van der Waals surface area contributed by atoms with Crippen LogP contribution >= 0.6 is 0 Å². The summed E-state index contributed by atoms with van der Waals surface area (Å²) in [5.74, 6) is 0.248. The molecule has 5 heteroatoms. The fourth-order valence-electron chi connectivity index (χ4n) is 3.16. The topological polar surface area (TPSA) is 77.2 Å². The number of carbonyl (C=O) groups is 1. The SMILES string of the molecule is CNC(C(N)=O)(c1ccc(OC)cc1)c1ccc(-c2ccncc2)cc1. The maximum absolute atomic E-state index is 12.5. The minimum Gasteiger partial charge on any atom is -0.497 e. The molecule has 1 aromatic heterocycles. The molecule has 0 radical (unpaired) electrons. The molecule has 26 heavy (non-hydrogen) atoms. The van der Waals surface area contributed by atoms with Crippen LogP contribution in [0.2, 0.25) is 0 Å². The van der Waals surface area contributed by atoms with Crippen LogP contribution in [0.5, 0.6) is 5.75 Å². The molecule has 1 unspecified atom stereocenters. The number of nitrogens with zero attached hydrogens (tertiary/aromatic N) is 1. The minimum atomic E-state index is -1.12. The zero-order valence-electron chi connectivity index (χ0n) is 14.8. The van der Waals surface area contributed by atoms with E-state index in [4.69, 9.17) is 10.5 Å². The van der Waals surface area contributed by atoms with Gasteiger partial charge in [0.05, 0.1) is 7.11 Å². The van der Waals surface area contributed by atoms with E-state index in [1.807, 2.05) is 60.7 Å². The van der Waals surface area contributed by atoms with E-state index in [0.717, 1.165) is 28.0 Å². The van der Waals surface area contributed by atoms with Gasteiger partial charge in [-0.15, -0.1) is 0 Å². The average molecular weight is 347 g/mol. The van der Waals surface area contributed by atoms with Crippen molar-refractivity contribution in [2.45, 2.75) is 5.54 Å². The highest BCUT2D eigenvalue weighted by molar-refractivity contribution is 5.90. The largest absolute Gasteiger partial charge is 0.497 e. The molecule has 0 saturated heterocycles. The number of primary amides is 1. The van der Waals surface area contributed by atoms with Crippen molar-refractivity contribution in [2.24, 2.45) is 5.73 Å². The highest BCUT2D eigenvalue weighted by atomic mass is 16.5. The third-order valence-corrected chi connectivity index (χ3v) is 4.60. The molecule has 1 amide bonds. The normalized spacial score (nSPS) is 13.0. The van der Waals surface area contributed by atoms with Crippen LogP contribution < -0.4 is 15.8 Å². The van der Waals surface area contributed by atoms with E-state index in [2.05, 4.69) is 10.3 Å². The molecule has 3 aromatic rings. The molecule has 0 spiro atoms. The lowest BCUT2D eigenvalue weighted by Gasteiger charge is -2.31. The molecule has 132 valence electrons. The van der Waals surface area contributed by atoms with E-state index >= 15 is 0 Å². The third kappa shape index (κ3) is 3.05. The zero-order valence-corrected chi connectivity index (χ0v) is 14.8. The van der Waals surface area contributed by atoms with E-state index in [1.54, 1.807) is 26.6 Å². The van der Waals surface area contributed by atoms with Gasteiger partial charge in [0.1, 0.15) is 11.3 Å². The fraction of sp³-hybridized carbons (Fsp3) is 0.143. The van der Waals surface area contributed by atoms with Crippen molar-refractivity contribution in [3.05, 3.63) is 84.2 Å². The third-order valence-electron chi connectivity index (χ3n) is 4.60. The summed E-state index contributed by atoms with van der Waals surface area (Å²) in [7, 11) is 3.33. The molecular weight excluding hydrogens is 326 g/mol. The van der Waals surface area contributed by atoms with Gasteiger partial charge in [0.25, 0.3) is 0 Å². The first-order valence-electron chi connectivity index (χ1n) is 8.26. The first-order valence-corrected chi connectivity index (χ1v) is 8.26. The number of likely N-dealkylation sites (N-methyl/N-ethyl adjacent to an activating group) is 1. The average Bonchev–Trinajstić information content (AvgIpc) is 2.70. The maximum atomic E-state index is 12.5. The Labute approximate surface area is 152 Å². The molecule has 3 rings (SSSR count). The quantitative estimate of drug-likeness (QED) is 0.719. The predicted molar refractivity (Wildman–Crippen MR) is 102 cm³/mol. The van der Waals surface area contributed by atoms with Crippen LogP contribution in [-0.2, 0) is 10.3 Å². The van der Waals surface area contributed by atoms with E-state index in [9.17, 15) is 4.79 Å². The lowest BCUT2D eigenvalue weighted by Crippen LogP contribution is -2.52. The Hall–Kier alpha value is -3.18. The molecular formula is C21H21N3O2. The number of hydrogen-bond donors (Lipinski definition) is 2. The summed E-state index contributed by atoms with van der Waals surface area (Å²) in [6, 6.07) is 19.0. The predicted octanol–water partition coefficient (Wildman–Crippen LogP) is 2.71. The molecule has 2 aromatic carbocycles. The van der Waals surface area contributed by atoms with Crippen LogP contribution in [0.3, 0.4) is 0 Å². The molecule has 3 N–H and O–H groups in total. The van der Waals surface area contributed by atoms with Gasteiger partial charge in [0.15, 0.2) is 0 Å². The lowest BCUT2D eigenvalue weighted by molar-refractivity contribution is -0.123. The number of ether oxygens (including phenoxy) is 1. The lowest BCUT2D eigenvalue weighted by atomic mass is 9.81. The summed E-state index contributed by atoms with van der Waals surface area (Å²) in [5, 5.41) is 3.12. The van der Waals surface area contributed by atoms with Crippen LogP contribution in [0.25, 0.3) is 11.1 Å². The van der Waals surface area contributed by atoms with Gasteiger partial charge in [-0.2, -0.15) is 0 Å². The van der Waals surface area contributed by atoms with E-state index in [0.29, 0.717) is 0 Å². The molecule has 0 aliphatic rings. The molecule has 0 bridgehead atoms. The number of amides is 1. The summed E-state index contributed by atoms with van der Waals surface area (Å²) in [4.78, 5) is 16.5. The molecule has 1 heterocycles. The van der Waals surface area contributed by atoms with Gasteiger partial charge in [0, 0.05) is 12.4 Å². The number of aromatic nitrogens is 1. The molecule has 0 aliphatic heterocycles. The molecule has 5 nitrogen and oxygen atoms in total. The monoisotopic (exact) mass is 347 g/mol. The first-order chi connectivity index (χ1) is 12.6. The van der Waals surface area contributed by atoms with Crippen molar-refractivity contribution >= 4 is 5.91 Å². The number of benzene rings is 2. The summed E-state index contributed by atoms with van der Waals surface area (Å²) in [6.45, 7) is 0. The smallest absolute Gasteiger partial charge is 0.247 e. The van der Waals surface area contributed by atoms with Gasteiger partial charge in [-0.3, -0.25) is 15.1 Å². The number of nitrogens with one attached hydrogen (secondary N) is 1. The number of rotatable bonds is 6. The minimum absolute atomic E-state index is 0.471. The highest BCUT2D eigenvalue weighted by Crippen LogP contribution is 2.32. The van der Waals surface area contributed by atoms with E-state index < -0.39 is 11.4 Å². The molecule has 0 saturated carbocycles. The Balaban J connectivity index is 2.06. The van der Waals surface area contributed by atoms with Gasteiger partial charge < -0.3 is 10.5 Å². The summed E-state index contributed by atoms with van der Waals surface area (Å²) in [6.07, 6.45) is 3.50. The maximum Gasteiger partial charge on any atom is 0.247 e. The van der Waals surface area contributed by atoms with Crippen molar-refractivity contribution in [3.63, 3.8) is 0 Å². The van der Waals surface area contributed by atoms with Crippen LogP contribution in [0.1, 0.15) is 11.1 Å². The second-order valence-electron chi connectivity index (χ2n) is 5.91. The van der Waals surface area contributed by atoms with Crippen molar-refractivity contribution in [2.75, 3.05) is 14.2 Å². The van der Waals surface area contributed by atoms with Gasteiger partial charge >= 0.3 is 0 Å². The second-order valence-corrected chi connectivity index (χ2v) is 5.91. The number of carbonyl (C=O) groups excluding carboxylic acids is 1. The number of hydrogen-bond acceptors (Lipinski definition) is 4. The Bertz CT molecular complexity index is 877. The summed E-state index contributed by atoms with van der Waals surface area (Å²) < 4.78 is 5.20. The summed E-state index contributed by atoms with van der Waals surface area (Å²) in [5.41, 5.74) is 8.33. The molecule has 0 fully saturated rings. The Morgan fingerprint density at radius 1 is 0.923 bits per heavy atom. The summed E-state index contributed by atoms with van der Waals surface area (Å²) >= 11 is 0. The Morgan fingerprint density at radius 3 is 1.88 bits per heavy atom. The Kier molecular flexibility index (Phi) is 5.00. The standard InChI is InChI=1S/C21H21N3O2/c1-23-21(20(22)25,18-7-9-19(26-2)10-8-18)17-5-3-15(4-6-17)16-11-13-24-14-12-16/h3-14,23H,1-2H3,(H2,22,25). The molecule has 1 atom stereocenters. The number of nitrogens with two attached hydrogens (primary N) is 1. The van der Waals surface area contributed by atoms with Crippen LogP contribution in [-0.4, -0.2) is 25.0 Å².